The zero-order valence-corrected chi connectivity index (χ0v) is 13.7. The molecule has 1 atom stereocenters. The minimum Gasteiger partial charge on any atom is -0.397 e. The molecule has 1 aliphatic carbocycles. The fourth-order valence-corrected chi connectivity index (χ4v) is 2.75. The zero-order chi connectivity index (χ0) is 15.6. The summed E-state index contributed by atoms with van der Waals surface area (Å²) in [5, 5.41) is 0.581. The minimum absolute atomic E-state index is 0.0864. The van der Waals surface area contributed by atoms with Gasteiger partial charge in [-0.1, -0.05) is 23.2 Å². The molecule has 1 aromatic rings. The summed E-state index contributed by atoms with van der Waals surface area (Å²) in [4.78, 5) is 14.6. The highest BCUT2D eigenvalue weighted by Crippen LogP contribution is 2.36. The molecule has 0 saturated heterocycles. The molecular weight excluding hydrogens is 311 g/mol. The van der Waals surface area contributed by atoms with E-state index in [9.17, 15) is 4.79 Å². The molecule has 0 bridgehead atoms. The number of anilines is 1. The number of rotatable bonds is 6. The Morgan fingerprint density at radius 3 is 2.67 bits per heavy atom. The van der Waals surface area contributed by atoms with E-state index in [0.717, 1.165) is 0 Å². The summed E-state index contributed by atoms with van der Waals surface area (Å²) in [6.07, 6.45) is 2.34. The second kappa shape index (κ2) is 6.86. The van der Waals surface area contributed by atoms with Crippen molar-refractivity contribution in [2.24, 2.45) is 5.92 Å². The van der Waals surface area contributed by atoms with Crippen molar-refractivity contribution in [3.8, 4) is 0 Å². The number of methoxy groups -OCH3 is 1. The molecule has 1 aromatic carbocycles. The van der Waals surface area contributed by atoms with Crippen LogP contribution in [0.15, 0.2) is 12.1 Å². The number of nitrogens with two attached hydrogens (primary N) is 1. The van der Waals surface area contributed by atoms with Gasteiger partial charge in [-0.3, -0.25) is 4.79 Å². The van der Waals surface area contributed by atoms with Crippen molar-refractivity contribution < 1.29 is 9.53 Å². The number of benzene rings is 1. The van der Waals surface area contributed by atoms with Crippen LogP contribution in [-0.2, 0) is 4.74 Å². The van der Waals surface area contributed by atoms with Gasteiger partial charge in [0, 0.05) is 25.3 Å². The van der Waals surface area contributed by atoms with E-state index in [-0.39, 0.29) is 17.0 Å². The standard InChI is InChI=1S/C15H20Cl2N2O2/c1-9(10-3-4-10)19(5-6-21-2)15(20)11-7-12(16)14(17)13(18)8-11/h7-10H,3-6,18H2,1-2H3. The van der Waals surface area contributed by atoms with Crippen molar-refractivity contribution in [1.29, 1.82) is 0 Å². The third-order valence-electron chi connectivity index (χ3n) is 3.90. The van der Waals surface area contributed by atoms with Crippen molar-refractivity contribution in [3.63, 3.8) is 0 Å². The van der Waals surface area contributed by atoms with Crippen LogP contribution >= 0.6 is 23.2 Å². The molecule has 1 fully saturated rings. The summed E-state index contributed by atoms with van der Waals surface area (Å²) in [6, 6.07) is 3.33. The Balaban J connectivity index is 2.24. The van der Waals surface area contributed by atoms with Gasteiger partial charge >= 0.3 is 0 Å². The lowest BCUT2D eigenvalue weighted by molar-refractivity contribution is 0.0594. The van der Waals surface area contributed by atoms with Gasteiger partial charge in [-0.25, -0.2) is 0 Å². The van der Waals surface area contributed by atoms with Gasteiger partial charge in [0.1, 0.15) is 0 Å². The summed E-state index contributed by atoms with van der Waals surface area (Å²) >= 11 is 12.0. The summed E-state index contributed by atoms with van der Waals surface area (Å²) in [7, 11) is 1.63. The average Bonchev–Trinajstić information content (AvgIpc) is 3.28. The third kappa shape index (κ3) is 3.82. The number of hydrogen-bond acceptors (Lipinski definition) is 3. The summed E-state index contributed by atoms with van der Waals surface area (Å²) in [6.45, 7) is 3.12. The van der Waals surface area contributed by atoms with Crippen molar-refractivity contribution in [1.82, 2.24) is 4.90 Å². The predicted molar refractivity (Wildman–Crippen MR) is 86.0 cm³/mol. The molecule has 6 heteroatoms. The summed E-state index contributed by atoms with van der Waals surface area (Å²) < 4.78 is 5.11. The molecule has 1 unspecified atom stereocenters. The summed E-state index contributed by atoms with van der Waals surface area (Å²) in [5.41, 5.74) is 6.58. The van der Waals surface area contributed by atoms with Gasteiger partial charge in [-0.2, -0.15) is 0 Å². The quantitative estimate of drug-likeness (QED) is 0.812. The Bertz CT molecular complexity index is 509. The Labute approximate surface area is 135 Å². The lowest BCUT2D eigenvalue weighted by Crippen LogP contribution is -2.42. The second-order valence-corrected chi connectivity index (χ2v) is 6.22. The smallest absolute Gasteiger partial charge is 0.254 e. The molecule has 0 heterocycles. The highest BCUT2D eigenvalue weighted by molar-refractivity contribution is 6.43. The van der Waals surface area contributed by atoms with Crippen LogP contribution in [0.4, 0.5) is 5.69 Å². The van der Waals surface area contributed by atoms with Crippen molar-refractivity contribution >= 4 is 34.8 Å². The van der Waals surface area contributed by atoms with Gasteiger partial charge in [-0.15, -0.1) is 0 Å². The largest absolute Gasteiger partial charge is 0.397 e. The van der Waals surface area contributed by atoms with Gasteiger partial charge in [-0.05, 0) is 37.8 Å². The van der Waals surface area contributed by atoms with E-state index in [1.807, 2.05) is 4.90 Å². The number of amides is 1. The summed E-state index contributed by atoms with van der Waals surface area (Å²) in [5.74, 6) is 0.489. The number of halogens is 2. The molecule has 21 heavy (non-hydrogen) atoms. The fraction of sp³-hybridized carbons (Fsp3) is 0.533. The van der Waals surface area contributed by atoms with E-state index in [1.54, 1.807) is 19.2 Å². The fourth-order valence-electron chi connectivity index (χ4n) is 2.41. The van der Waals surface area contributed by atoms with Crippen LogP contribution in [0, 0.1) is 5.92 Å². The Morgan fingerprint density at radius 1 is 1.48 bits per heavy atom. The Hall–Kier alpha value is -0.970. The molecule has 0 radical (unpaired) electrons. The van der Waals surface area contributed by atoms with E-state index >= 15 is 0 Å². The van der Waals surface area contributed by atoms with Crippen LogP contribution in [0.25, 0.3) is 0 Å². The topological polar surface area (TPSA) is 55.6 Å². The predicted octanol–water partition coefficient (Wildman–Crippen LogP) is 3.46. The van der Waals surface area contributed by atoms with E-state index < -0.39 is 0 Å². The maximum absolute atomic E-state index is 12.8. The first-order chi connectivity index (χ1) is 9.95. The second-order valence-electron chi connectivity index (χ2n) is 5.43. The zero-order valence-electron chi connectivity index (χ0n) is 12.2. The maximum Gasteiger partial charge on any atom is 0.254 e. The molecule has 1 saturated carbocycles. The van der Waals surface area contributed by atoms with Gasteiger partial charge in [0.15, 0.2) is 0 Å². The van der Waals surface area contributed by atoms with Gasteiger partial charge < -0.3 is 15.4 Å². The lowest BCUT2D eigenvalue weighted by Gasteiger charge is -2.29. The number of carbonyl (C=O) groups excluding carboxylic acids is 1. The highest BCUT2D eigenvalue weighted by Gasteiger charge is 2.34. The Morgan fingerprint density at radius 2 is 2.14 bits per heavy atom. The molecule has 0 aliphatic heterocycles. The molecule has 0 spiro atoms. The average molecular weight is 331 g/mol. The van der Waals surface area contributed by atoms with Crippen molar-refractivity contribution in [3.05, 3.63) is 27.7 Å². The first kappa shape index (κ1) is 16.4. The van der Waals surface area contributed by atoms with Crippen molar-refractivity contribution in [2.45, 2.75) is 25.8 Å². The van der Waals surface area contributed by atoms with Crippen LogP contribution in [0.3, 0.4) is 0 Å². The van der Waals surface area contributed by atoms with Crippen molar-refractivity contribution in [2.75, 3.05) is 26.0 Å². The maximum atomic E-state index is 12.8. The third-order valence-corrected chi connectivity index (χ3v) is 4.71. The molecule has 2 rings (SSSR count). The lowest BCUT2D eigenvalue weighted by atomic mass is 10.1. The number of carbonyl (C=O) groups is 1. The molecular formula is C15H20Cl2N2O2. The monoisotopic (exact) mass is 330 g/mol. The van der Waals surface area contributed by atoms with E-state index in [0.29, 0.717) is 35.3 Å². The van der Waals surface area contributed by atoms with Gasteiger partial charge in [0.25, 0.3) is 5.91 Å². The highest BCUT2D eigenvalue weighted by atomic mass is 35.5. The molecule has 1 aliphatic rings. The van der Waals surface area contributed by atoms with Gasteiger partial charge in [0.2, 0.25) is 0 Å². The van der Waals surface area contributed by atoms with Crippen LogP contribution in [0.2, 0.25) is 10.0 Å². The molecule has 0 aromatic heterocycles. The van der Waals surface area contributed by atoms with E-state index in [1.165, 1.54) is 12.8 Å². The Kier molecular flexibility index (Phi) is 5.36. The van der Waals surface area contributed by atoms with Crippen LogP contribution in [-0.4, -0.2) is 37.1 Å². The number of hydrogen-bond donors (Lipinski definition) is 1. The minimum atomic E-state index is -0.0864. The number of ether oxygens (including phenoxy) is 1. The first-order valence-electron chi connectivity index (χ1n) is 7.00. The van der Waals surface area contributed by atoms with Crippen LogP contribution in [0.1, 0.15) is 30.1 Å². The number of nitrogens with zero attached hydrogens (tertiary/aromatic N) is 1. The van der Waals surface area contributed by atoms with E-state index in [2.05, 4.69) is 6.92 Å². The molecule has 4 nitrogen and oxygen atoms in total. The number of nitrogen functional groups attached to an aromatic ring is 1. The first-order valence-corrected chi connectivity index (χ1v) is 7.75. The van der Waals surface area contributed by atoms with Crippen LogP contribution in [0.5, 0.6) is 0 Å². The van der Waals surface area contributed by atoms with Gasteiger partial charge in [0.05, 0.1) is 22.3 Å². The molecule has 1 amide bonds. The SMILES string of the molecule is COCCN(C(=O)c1cc(N)c(Cl)c(Cl)c1)C(C)C1CC1. The molecule has 116 valence electrons. The van der Waals surface area contributed by atoms with E-state index in [4.69, 9.17) is 33.7 Å². The molecule has 2 N–H and O–H groups in total. The normalized spacial score (nSPS) is 15.8. The van der Waals surface area contributed by atoms with Crippen LogP contribution < -0.4 is 5.73 Å².